The Morgan fingerprint density at radius 2 is 1.82 bits per heavy atom. The van der Waals surface area contributed by atoms with Gasteiger partial charge in [0.1, 0.15) is 11.1 Å². The van der Waals surface area contributed by atoms with E-state index in [9.17, 15) is 13.2 Å². The zero-order chi connectivity index (χ0) is 13.1. The van der Waals surface area contributed by atoms with Gasteiger partial charge in [-0.05, 0) is 13.8 Å². The van der Waals surface area contributed by atoms with Crippen LogP contribution in [0.15, 0.2) is 24.3 Å². The fourth-order valence-corrected chi connectivity index (χ4v) is 1.53. The van der Waals surface area contributed by atoms with E-state index in [2.05, 4.69) is 9.24 Å². The topological polar surface area (TPSA) is 9.23 Å². The third-order valence-corrected chi connectivity index (χ3v) is 2.42. The van der Waals surface area contributed by atoms with E-state index in [1.807, 2.05) is 19.1 Å². The number of ether oxygens (including phenoxy) is 1. The van der Waals surface area contributed by atoms with E-state index in [-0.39, 0.29) is 5.75 Å². The Hall–Kier alpha value is -1.02. The highest BCUT2D eigenvalue weighted by Crippen LogP contribution is 2.29. The monoisotopic (exact) mass is 262 g/mol. The molecule has 0 aliphatic heterocycles. The molecule has 1 aromatic rings. The summed E-state index contributed by atoms with van der Waals surface area (Å²) in [6.07, 6.45) is 4.26. The van der Waals surface area contributed by atoms with Crippen molar-refractivity contribution in [3.63, 3.8) is 0 Å². The predicted octanol–water partition coefficient (Wildman–Crippen LogP) is 4.04. The van der Waals surface area contributed by atoms with Crippen LogP contribution in [0.1, 0.15) is 20.3 Å². The normalized spacial score (nSPS) is 14.9. The molecular formula is C12H14F3OP. The molecule has 2 atom stereocenters. The Kier molecular flexibility index (Phi) is 4.58. The molecule has 0 saturated heterocycles. The van der Waals surface area contributed by atoms with Crippen LogP contribution in [0, 0.1) is 17.5 Å². The van der Waals surface area contributed by atoms with Crippen molar-refractivity contribution < 1.29 is 17.9 Å². The molecule has 0 radical (unpaired) electrons. The highest BCUT2D eigenvalue weighted by Gasteiger charge is 2.20. The minimum absolute atomic E-state index is 0.0385. The summed E-state index contributed by atoms with van der Waals surface area (Å²) in [7, 11) is 2.45. The van der Waals surface area contributed by atoms with Gasteiger partial charge in [0.2, 0.25) is 0 Å². The van der Waals surface area contributed by atoms with Crippen LogP contribution in [0.25, 0.3) is 0 Å². The molecule has 0 heterocycles. The second kappa shape index (κ2) is 5.54. The molecule has 0 fully saturated rings. The Morgan fingerprint density at radius 3 is 2.29 bits per heavy atom. The number of rotatable bonds is 4. The van der Waals surface area contributed by atoms with Gasteiger partial charge in [-0.2, -0.15) is 0 Å². The molecule has 1 nitrogen and oxygen atoms in total. The second-order valence-corrected chi connectivity index (χ2v) is 5.11. The maximum atomic E-state index is 13.0. The van der Waals surface area contributed by atoms with E-state index in [0.29, 0.717) is 6.42 Å². The largest absolute Gasteiger partial charge is 0.483 e. The molecule has 1 rings (SSSR count). The van der Waals surface area contributed by atoms with E-state index in [0.717, 1.165) is 12.1 Å². The van der Waals surface area contributed by atoms with Gasteiger partial charge in [0.05, 0.1) is 0 Å². The van der Waals surface area contributed by atoms with Crippen molar-refractivity contribution in [2.45, 2.75) is 25.6 Å². The molecule has 94 valence electrons. The van der Waals surface area contributed by atoms with Gasteiger partial charge in [-0.3, -0.25) is 0 Å². The van der Waals surface area contributed by atoms with Crippen molar-refractivity contribution in [3.05, 3.63) is 41.7 Å². The van der Waals surface area contributed by atoms with Crippen LogP contribution in [0.4, 0.5) is 13.2 Å². The molecule has 0 bridgehead atoms. The molecular weight excluding hydrogens is 248 g/mol. The van der Waals surface area contributed by atoms with Crippen LogP contribution in [0.2, 0.25) is 0 Å². The predicted molar refractivity (Wildman–Crippen MR) is 64.5 cm³/mol. The van der Waals surface area contributed by atoms with E-state index in [1.54, 1.807) is 6.92 Å². The van der Waals surface area contributed by atoms with Crippen LogP contribution < -0.4 is 4.74 Å². The third kappa shape index (κ3) is 4.04. The van der Waals surface area contributed by atoms with Gasteiger partial charge < -0.3 is 4.74 Å². The Balaban J connectivity index is 2.88. The van der Waals surface area contributed by atoms with Gasteiger partial charge in [0.25, 0.3) is 0 Å². The first kappa shape index (κ1) is 14.0. The lowest BCUT2D eigenvalue weighted by molar-refractivity contribution is 0.186. The molecule has 0 aromatic heterocycles. The Labute approximate surface area is 101 Å². The van der Waals surface area contributed by atoms with Crippen molar-refractivity contribution in [3.8, 4) is 5.75 Å². The van der Waals surface area contributed by atoms with Crippen molar-refractivity contribution in [1.29, 1.82) is 0 Å². The van der Waals surface area contributed by atoms with Crippen LogP contribution in [0.5, 0.6) is 5.75 Å². The van der Waals surface area contributed by atoms with Crippen molar-refractivity contribution in [2.24, 2.45) is 0 Å². The highest BCUT2D eigenvalue weighted by molar-refractivity contribution is 7.18. The van der Waals surface area contributed by atoms with Crippen molar-refractivity contribution in [1.82, 2.24) is 0 Å². The summed E-state index contributed by atoms with van der Waals surface area (Å²) in [5.74, 6) is -4.04. The summed E-state index contributed by atoms with van der Waals surface area (Å²) in [6.45, 7) is 3.61. The fraction of sp³-hybridized carbons (Fsp3) is 0.333. The zero-order valence-electron chi connectivity index (χ0n) is 9.64. The second-order valence-electron chi connectivity index (χ2n) is 3.89. The van der Waals surface area contributed by atoms with Crippen molar-refractivity contribution >= 4 is 9.24 Å². The molecule has 0 spiro atoms. The standard InChI is InChI=1S/C12H14F3OP/c1-3-4-5-12(2,17)16-8-6-9(13)11(15)10(14)7-8/h3-4,6-7H,5,17H2,1-2H3/b4-3-. The SMILES string of the molecule is C/C=C\CC(C)(P)Oc1cc(F)c(F)c(F)c1. The van der Waals surface area contributed by atoms with Crippen LogP contribution in [-0.2, 0) is 0 Å². The van der Waals surface area contributed by atoms with E-state index >= 15 is 0 Å². The molecule has 2 unspecified atom stereocenters. The van der Waals surface area contributed by atoms with Crippen molar-refractivity contribution in [2.75, 3.05) is 0 Å². The van der Waals surface area contributed by atoms with Crippen LogP contribution in [0.3, 0.4) is 0 Å². The molecule has 0 saturated carbocycles. The third-order valence-electron chi connectivity index (χ3n) is 2.07. The summed E-state index contributed by atoms with van der Waals surface area (Å²) >= 11 is 0. The van der Waals surface area contributed by atoms with Crippen LogP contribution in [-0.4, -0.2) is 5.34 Å². The maximum absolute atomic E-state index is 13.0. The minimum atomic E-state index is -1.49. The van der Waals surface area contributed by atoms with Gasteiger partial charge in [0, 0.05) is 18.6 Å². The quantitative estimate of drug-likeness (QED) is 0.452. The maximum Gasteiger partial charge on any atom is 0.194 e. The highest BCUT2D eigenvalue weighted by atomic mass is 31.0. The van der Waals surface area contributed by atoms with Gasteiger partial charge in [0.15, 0.2) is 17.5 Å². The average Bonchev–Trinajstić information content (AvgIpc) is 2.22. The fourth-order valence-electron chi connectivity index (χ4n) is 1.25. The van der Waals surface area contributed by atoms with Gasteiger partial charge in [-0.1, -0.05) is 21.4 Å². The number of hydrogen-bond acceptors (Lipinski definition) is 1. The van der Waals surface area contributed by atoms with E-state index < -0.39 is 22.8 Å². The Bertz CT molecular complexity index is 407. The number of benzene rings is 1. The van der Waals surface area contributed by atoms with Crippen LogP contribution >= 0.6 is 9.24 Å². The molecule has 0 aliphatic carbocycles. The first-order valence-electron chi connectivity index (χ1n) is 5.09. The summed E-state index contributed by atoms with van der Waals surface area (Å²) in [4.78, 5) is 0. The first-order chi connectivity index (χ1) is 7.85. The summed E-state index contributed by atoms with van der Waals surface area (Å²) in [5.41, 5.74) is 0. The molecule has 1 aromatic carbocycles. The summed E-state index contributed by atoms with van der Waals surface area (Å²) < 4.78 is 44.0. The van der Waals surface area contributed by atoms with E-state index in [1.165, 1.54) is 0 Å². The number of halogens is 3. The molecule has 0 N–H and O–H groups in total. The lowest BCUT2D eigenvalue weighted by Crippen LogP contribution is -2.23. The lowest BCUT2D eigenvalue weighted by atomic mass is 10.2. The summed E-state index contributed by atoms with van der Waals surface area (Å²) in [5, 5.41) is -0.691. The molecule has 0 aliphatic rings. The smallest absolute Gasteiger partial charge is 0.194 e. The van der Waals surface area contributed by atoms with Gasteiger partial charge in [-0.15, -0.1) is 0 Å². The van der Waals surface area contributed by atoms with Gasteiger partial charge >= 0.3 is 0 Å². The molecule has 5 heteroatoms. The molecule has 0 amide bonds. The molecule has 17 heavy (non-hydrogen) atoms. The summed E-state index contributed by atoms with van der Waals surface area (Å²) in [6, 6.07) is 1.66. The minimum Gasteiger partial charge on any atom is -0.483 e. The lowest BCUT2D eigenvalue weighted by Gasteiger charge is -2.25. The van der Waals surface area contributed by atoms with Gasteiger partial charge in [-0.25, -0.2) is 13.2 Å². The zero-order valence-corrected chi connectivity index (χ0v) is 10.8. The number of allylic oxidation sites excluding steroid dienone is 1. The average molecular weight is 262 g/mol. The number of hydrogen-bond donors (Lipinski definition) is 0. The Morgan fingerprint density at radius 1 is 1.29 bits per heavy atom. The van der Waals surface area contributed by atoms with E-state index in [4.69, 9.17) is 4.74 Å². The first-order valence-corrected chi connectivity index (χ1v) is 5.67.